The molecule has 1 unspecified atom stereocenters. The number of methoxy groups -OCH3 is 1. The summed E-state index contributed by atoms with van der Waals surface area (Å²) < 4.78 is 5.06. The van der Waals surface area contributed by atoms with Gasteiger partial charge >= 0.3 is 6.03 Å². The molecule has 1 aromatic carbocycles. The van der Waals surface area contributed by atoms with Crippen LogP contribution in [-0.2, 0) is 16.0 Å². The minimum absolute atomic E-state index is 0.0962. The van der Waals surface area contributed by atoms with Gasteiger partial charge in [-0.3, -0.25) is 14.9 Å². The average molecular weight is 291 g/mol. The van der Waals surface area contributed by atoms with E-state index in [9.17, 15) is 14.4 Å². The van der Waals surface area contributed by atoms with Crippen LogP contribution >= 0.6 is 0 Å². The Bertz CT molecular complexity index is 542. The summed E-state index contributed by atoms with van der Waals surface area (Å²) in [5.74, 6) is 0.182. The molecule has 0 saturated carbocycles. The second-order valence-electron chi connectivity index (χ2n) is 4.67. The molecule has 21 heavy (non-hydrogen) atoms. The number of imide groups is 1. The van der Waals surface area contributed by atoms with Gasteiger partial charge < -0.3 is 15.4 Å². The summed E-state index contributed by atoms with van der Waals surface area (Å²) in [6, 6.07) is 6.25. The van der Waals surface area contributed by atoms with Crippen molar-refractivity contribution in [2.24, 2.45) is 0 Å². The van der Waals surface area contributed by atoms with Gasteiger partial charge in [-0.2, -0.15) is 0 Å². The zero-order valence-corrected chi connectivity index (χ0v) is 11.6. The summed E-state index contributed by atoms with van der Waals surface area (Å²) in [5, 5.41) is 7.15. The van der Waals surface area contributed by atoms with E-state index in [0.29, 0.717) is 12.8 Å². The third kappa shape index (κ3) is 4.20. The summed E-state index contributed by atoms with van der Waals surface area (Å²) >= 11 is 0. The van der Waals surface area contributed by atoms with Crippen LogP contribution in [0.2, 0.25) is 0 Å². The molecule has 0 radical (unpaired) electrons. The van der Waals surface area contributed by atoms with Crippen LogP contribution in [0.4, 0.5) is 4.79 Å². The Morgan fingerprint density at radius 2 is 2.00 bits per heavy atom. The highest BCUT2D eigenvalue weighted by Gasteiger charge is 2.29. The summed E-state index contributed by atoms with van der Waals surface area (Å²) in [6.45, 7) is 0.0962. The predicted octanol–water partition coefficient (Wildman–Crippen LogP) is -0.0480. The first-order chi connectivity index (χ1) is 10.1. The van der Waals surface area contributed by atoms with Crippen molar-refractivity contribution in [3.05, 3.63) is 29.8 Å². The van der Waals surface area contributed by atoms with Crippen molar-refractivity contribution in [2.45, 2.75) is 18.9 Å². The fourth-order valence-corrected chi connectivity index (χ4v) is 1.96. The lowest BCUT2D eigenvalue weighted by atomic mass is 10.1. The normalized spacial score (nSPS) is 17.1. The number of aryl methyl sites for hydroxylation is 1. The highest BCUT2D eigenvalue weighted by atomic mass is 16.5. The number of urea groups is 1. The Morgan fingerprint density at radius 3 is 2.57 bits per heavy atom. The van der Waals surface area contributed by atoms with E-state index >= 15 is 0 Å². The zero-order chi connectivity index (χ0) is 15.2. The van der Waals surface area contributed by atoms with Crippen molar-refractivity contribution in [3.63, 3.8) is 0 Å². The third-order valence-corrected chi connectivity index (χ3v) is 3.16. The molecule has 0 aromatic heterocycles. The van der Waals surface area contributed by atoms with E-state index in [0.717, 1.165) is 11.3 Å². The number of rotatable bonds is 6. The molecule has 0 aliphatic carbocycles. The first kappa shape index (κ1) is 14.8. The fraction of sp³-hybridized carbons (Fsp3) is 0.357. The highest BCUT2D eigenvalue weighted by Crippen LogP contribution is 2.12. The molecule has 1 saturated heterocycles. The summed E-state index contributed by atoms with van der Waals surface area (Å²) in [4.78, 5) is 33.9. The molecule has 3 N–H and O–H groups in total. The number of ether oxygens (including phenoxy) is 1. The first-order valence-electron chi connectivity index (χ1n) is 6.59. The van der Waals surface area contributed by atoms with E-state index in [2.05, 4.69) is 16.0 Å². The van der Waals surface area contributed by atoms with Gasteiger partial charge in [-0.05, 0) is 24.1 Å². The molecule has 1 aliphatic rings. The Hall–Kier alpha value is -2.57. The number of nitrogens with one attached hydrogen (secondary N) is 3. The van der Waals surface area contributed by atoms with Crippen LogP contribution in [0, 0.1) is 0 Å². The summed E-state index contributed by atoms with van der Waals surface area (Å²) in [6.07, 6.45) is 0.910. The van der Waals surface area contributed by atoms with Crippen molar-refractivity contribution in [1.82, 2.24) is 16.0 Å². The lowest BCUT2D eigenvalue weighted by molar-refractivity contribution is -0.122. The van der Waals surface area contributed by atoms with Crippen molar-refractivity contribution in [3.8, 4) is 5.75 Å². The molecule has 4 amide bonds. The Balaban J connectivity index is 1.72. The number of amides is 4. The standard InChI is InChI=1S/C14H17N3O4/c1-21-10-5-2-9(3-6-10)4-7-12(18)15-8-11-13(19)17-14(20)16-11/h2-3,5-6,11H,4,7-8H2,1H3,(H,15,18)(H2,16,17,19,20). The molecule has 0 spiro atoms. The van der Waals surface area contributed by atoms with Crippen LogP contribution in [0.15, 0.2) is 24.3 Å². The maximum Gasteiger partial charge on any atom is 0.322 e. The second kappa shape index (κ2) is 6.74. The van der Waals surface area contributed by atoms with Gasteiger partial charge in [0, 0.05) is 13.0 Å². The number of hydrogen-bond acceptors (Lipinski definition) is 4. The second-order valence-corrected chi connectivity index (χ2v) is 4.67. The molecule has 2 rings (SSSR count). The lowest BCUT2D eigenvalue weighted by Gasteiger charge is -2.09. The van der Waals surface area contributed by atoms with Crippen molar-refractivity contribution < 1.29 is 19.1 Å². The Morgan fingerprint density at radius 1 is 1.29 bits per heavy atom. The van der Waals surface area contributed by atoms with Gasteiger partial charge in [0.05, 0.1) is 7.11 Å². The molecule has 1 atom stereocenters. The summed E-state index contributed by atoms with van der Waals surface area (Å²) in [7, 11) is 1.60. The maximum absolute atomic E-state index is 11.7. The molecular formula is C14H17N3O4. The maximum atomic E-state index is 11.7. The van der Waals surface area contributed by atoms with Gasteiger partial charge in [0.2, 0.25) is 5.91 Å². The smallest absolute Gasteiger partial charge is 0.322 e. The van der Waals surface area contributed by atoms with Gasteiger partial charge in [-0.1, -0.05) is 12.1 Å². The highest BCUT2D eigenvalue weighted by molar-refractivity contribution is 6.04. The van der Waals surface area contributed by atoms with Gasteiger partial charge in [0.1, 0.15) is 11.8 Å². The van der Waals surface area contributed by atoms with Crippen LogP contribution in [0.1, 0.15) is 12.0 Å². The molecule has 1 fully saturated rings. The Labute approximate surface area is 122 Å². The summed E-state index contributed by atoms with van der Waals surface area (Å²) in [5.41, 5.74) is 1.03. The zero-order valence-electron chi connectivity index (χ0n) is 11.6. The predicted molar refractivity (Wildman–Crippen MR) is 74.8 cm³/mol. The van der Waals surface area contributed by atoms with E-state index < -0.39 is 18.0 Å². The van der Waals surface area contributed by atoms with Gasteiger partial charge in [-0.15, -0.1) is 0 Å². The Kier molecular flexibility index (Phi) is 4.76. The number of hydrogen-bond donors (Lipinski definition) is 3. The van der Waals surface area contributed by atoms with Crippen LogP contribution < -0.4 is 20.7 Å². The van der Waals surface area contributed by atoms with Crippen molar-refractivity contribution in [1.29, 1.82) is 0 Å². The third-order valence-electron chi connectivity index (χ3n) is 3.16. The molecule has 112 valence electrons. The van der Waals surface area contributed by atoms with Gasteiger partial charge in [-0.25, -0.2) is 4.79 Å². The number of carbonyl (C=O) groups is 3. The molecule has 7 nitrogen and oxygen atoms in total. The number of carbonyl (C=O) groups excluding carboxylic acids is 3. The van der Waals surface area contributed by atoms with Gasteiger partial charge in [0.15, 0.2) is 0 Å². The van der Waals surface area contributed by atoms with Crippen LogP contribution in [0.5, 0.6) is 5.75 Å². The van der Waals surface area contributed by atoms with Crippen LogP contribution in [-0.4, -0.2) is 37.5 Å². The molecule has 1 aliphatic heterocycles. The van der Waals surface area contributed by atoms with E-state index in [1.54, 1.807) is 7.11 Å². The van der Waals surface area contributed by atoms with Crippen LogP contribution in [0.3, 0.4) is 0 Å². The minimum atomic E-state index is -0.692. The molecule has 0 bridgehead atoms. The molecule has 1 aromatic rings. The topological polar surface area (TPSA) is 96.5 Å². The van der Waals surface area contributed by atoms with E-state index in [4.69, 9.17) is 4.74 Å². The van der Waals surface area contributed by atoms with Crippen molar-refractivity contribution in [2.75, 3.05) is 13.7 Å². The minimum Gasteiger partial charge on any atom is -0.497 e. The van der Waals surface area contributed by atoms with E-state index in [-0.39, 0.29) is 12.5 Å². The average Bonchev–Trinajstić information content (AvgIpc) is 2.81. The molecule has 1 heterocycles. The van der Waals surface area contributed by atoms with Crippen molar-refractivity contribution >= 4 is 17.8 Å². The lowest BCUT2D eigenvalue weighted by Crippen LogP contribution is -2.41. The SMILES string of the molecule is COc1ccc(CCC(=O)NCC2NC(=O)NC2=O)cc1. The first-order valence-corrected chi connectivity index (χ1v) is 6.59. The molecular weight excluding hydrogens is 274 g/mol. The largest absolute Gasteiger partial charge is 0.497 e. The quantitative estimate of drug-likeness (QED) is 0.640. The van der Waals surface area contributed by atoms with E-state index in [1.807, 2.05) is 24.3 Å². The monoisotopic (exact) mass is 291 g/mol. The van der Waals surface area contributed by atoms with E-state index in [1.165, 1.54) is 0 Å². The number of benzene rings is 1. The fourth-order valence-electron chi connectivity index (χ4n) is 1.96. The molecule has 7 heteroatoms. The van der Waals surface area contributed by atoms with Crippen LogP contribution in [0.25, 0.3) is 0 Å². The van der Waals surface area contributed by atoms with Gasteiger partial charge in [0.25, 0.3) is 5.91 Å².